The molecule has 1 aromatic carbocycles. The minimum Gasteiger partial charge on any atom is -0.493 e. The molecule has 1 rings (SSSR count). The molecule has 1 unspecified atom stereocenters. The van der Waals surface area contributed by atoms with E-state index < -0.39 is 0 Å². The van der Waals surface area contributed by atoms with Gasteiger partial charge in [-0.15, -0.1) is 0 Å². The lowest BCUT2D eigenvalue weighted by atomic mass is 9.89. The van der Waals surface area contributed by atoms with Crippen molar-refractivity contribution in [2.24, 2.45) is 11.7 Å². The molecule has 0 heterocycles. The van der Waals surface area contributed by atoms with Crippen LogP contribution in [0.25, 0.3) is 0 Å². The first-order valence-corrected chi connectivity index (χ1v) is 6.68. The minimum atomic E-state index is -0.0650. The number of rotatable bonds is 7. The van der Waals surface area contributed by atoms with E-state index in [2.05, 4.69) is 13.8 Å². The molecule has 0 saturated heterocycles. The summed E-state index contributed by atoms with van der Waals surface area (Å²) in [6.07, 6.45) is 2.07. The third-order valence-electron chi connectivity index (χ3n) is 3.65. The third-order valence-corrected chi connectivity index (χ3v) is 3.65. The van der Waals surface area contributed by atoms with Crippen LogP contribution in [0.5, 0.6) is 17.2 Å². The Morgan fingerprint density at radius 1 is 0.947 bits per heavy atom. The molecule has 0 radical (unpaired) electrons. The normalized spacial score (nSPS) is 12.4. The fraction of sp³-hybridized carbons (Fsp3) is 0.600. The average molecular weight is 267 g/mol. The SMILES string of the molecule is CCC(CC)C(N)c1ccc(OC)c(OC)c1OC. The van der Waals surface area contributed by atoms with Gasteiger partial charge in [-0.3, -0.25) is 0 Å². The van der Waals surface area contributed by atoms with Gasteiger partial charge in [0.2, 0.25) is 5.75 Å². The summed E-state index contributed by atoms with van der Waals surface area (Å²) < 4.78 is 16.2. The van der Waals surface area contributed by atoms with Crippen molar-refractivity contribution in [2.45, 2.75) is 32.7 Å². The summed E-state index contributed by atoms with van der Waals surface area (Å²) in [6.45, 7) is 4.31. The van der Waals surface area contributed by atoms with Crippen molar-refractivity contribution in [3.05, 3.63) is 17.7 Å². The van der Waals surface area contributed by atoms with Gasteiger partial charge in [-0.25, -0.2) is 0 Å². The largest absolute Gasteiger partial charge is 0.493 e. The highest BCUT2D eigenvalue weighted by atomic mass is 16.5. The molecule has 4 nitrogen and oxygen atoms in total. The molecule has 0 saturated carbocycles. The van der Waals surface area contributed by atoms with Crippen LogP contribution >= 0.6 is 0 Å². The highest BCUT2D eigenvalue weighted by Crippen LogP contribution is 2.43. The predicted molar refractivity (Wildman–Crippen MR) is 77.1 cm³/mol. The summed E-state index contributed by atoms with van der Waals surface area (Å²) in [6, 6.07) is 3.77. The molecule has 0 aliphatic heterocycles. The van der Waals surface area contributed by atoms with Gasteiger partial charge in [0.25, 0.3) is 0 Å². The fourth-order valence-electron chi connectivity index (χ4n) is 2.44. The van der Waals surface area contributed by atoms with E-state index in [1.54, 1.807) is 21.3 Å². The summed E-state index contributed by atoms with van der Waals surface area (Å²) in [5.41, 5.74) is 7.34. The maximum Gasteiger partial charge on any atom is 0.203 e. The van der Waals surface area contributed by atoms with Crippen molar-refractivity contribution < 1.29 is 14.2 Å². The van der Waals surface area contributed by atoms with E-state index in [0.717, 1.165) is 18.4 Å². The zero-order chi connectivity index (χ0) is 14.4. The van der Waals surface area contributed by atoms with Crippen LogP contribution in [0.15, 0.2) is 12.1 Å². The van der Waals surface area contributed by atoms with Gasteiger partial charge < -0.3 is 19.9 Å². The molecule has 0 aliphatic rings. The van der Waals surface area contributed by atoms with E-state index >= 15 is 0 Å². The van der Waals surface area contributed by atoms with Crippen LogP contribution in [-0.2, 0) is 0 Å². The second-order valence-corrected chi connectivity index (χ2v) is 4.53. The molecule has 4 heteroatoms. The number of benzene rings is 1. The first-order chi connectivity index (χ1) is 9.14. The zero-order valence-corrected chi connectivity index (χ0v) is 12.5. The van der Waals surface area contributed by atoms with E-state index in [4.69, 9.17) is 19.9 Å². The number of ether oxygens (including phenoxy) is 3. The van der Waals surface area contributed by atoms with Gasteiger partial charge in [-0.1, -0.05) is 26.7 Å². The van der Waals surface area contributed by atoms with Crippen LogP contribution < -0.4 is 19.9 Å². The monoisotopic (exact) mass is 267 g/mol. The van der Waals surface area contributed by atoms with Crippen molar-refractivity contribution in [2.75, 3.05) is 21.3 Å². The number of hydrogen-bond acceptors (Lipinski definition) is 4. The summed E-state index contributed by atoms with van der Waals surface area (Å²) in [5.74, 6) is 2.34. The molecule has 19 heavy (non-hydrogen) atoms. The maximum absolute atomic E-state index is 6.38. The lowest BCUT2D eigenvalue weighted by molar-refractivity contribution is 0.314. The molecule has 0 aliphatic carbocycles. The van der Waals surface area contributed by atoms with Crippen LogP contribution in [0, 0.1) is 5.92 Å². The molecule has 0 bridgehead atoms. The number of hydrogen-bond donors (Lipinski definition) is 1. The van der Waals surface area contributed by atoms with E-state index in [9.17, 15) is 0 Å². The van der Waals surface area contributed by atoms with Crippen molar-refractivity contribution in [3.8, 4) is 17.2 Å². The van der Waals surface area contributed by atoms with Gasteiger partial charge in [0.05, 0.1) is 21.3 Å². The summed E-state index contributed by atoms with van der Waals surface area (Å²) >= 11 is 0. The zero-order valence-electron chi connectivity index (χ0n) is 12.5. The molecular weight excluding hydrogens is 242 g/mol. The minimum absolute atomic E-state index is 0.0650. The molecule has 1 atom stereocenters. The van der Waals surface area contributed by atoms with Crippen molar-refractivity contribution in [1.82, 2.24) is 0 Å². The van der Waals surface area contributed by atoms with Crippen LogP contribution in [-0.4, -0.2) is 21.3 Å². The molecule has 0 aromatic heterocycles. The van der Waals surface area contributed by atoms with E-state index in [1.165, 1.54) is 0 Å². The molecule has 108 valence electrons. The highest BCUT2D eigenvalue weighted by Gasteiger charge is 2.24. The van der Waals surface area contributed by atoms with Crippen LogP contribution in [0.1, 0.15) is 38.3 Å². The van der Waals surface area contributed by atoms with E-state index in [1.807, 2.05) is 12.1 Å². The Labute approximate surface area is 115 Å². The van der Waals surface area contributed by atoms with Crippen LogP contribution in [0.3, 0.4) is 0 Å². The first kappa shape index (κ1) is 15.6. The Bertz CT molecular complexity index is 403. The third kappa shape index (κ3) is 3.13. The number of nitrogens with two attached hydrogens (primary N) is 1. The van der Waals surface area contributed by atoms with Gasteiger partial charge in [0, 0.05) is 11.6 Å². The Balaban J connectivity index is 3.27. The molecule has 0 spiro atoms. The van der Waals surface area contributed by atoms with Gasteiger partial charge in [-0.2, -0.15) is 0 Å². The second kappa shape index (κ2) is 7.24. The molecule has 2 N–H and O–H groups in total. The lowest BCUT2D eigenvalue weighted by Gasteiger charge is -2.25. The number of methoxy groups -OCH3 is 3. The Hall–Kier alpha value is -1.42. The van der Waals surface area contributed by atoms with E-state index in [-0.39, 0.29) is 6.04 Å². The van der Waals surface area contributed by atoms with Gasteiger partial charge >= 0.3 is 0 Å². The van der Waals surface area contributed by atoms with E-state index in [0.29, 0.717) is 23.2 Å². The summed E-state index contributed by atoms with van der Waals surface area (Å²) in [7, 11) is 4.84. The molecular formula is C15H25NO3. The molecule has 0 fully saturated rings. The van der Waals surface area contributed by atoms with Crippen LogP contribution in [0.2, 0.25) is 0 Å². The Kier molecular flexibility index (Phi) is 5.96. The standard InChI is InChI=1S/C15H25NO3/c1-6-10(7-2)13(16)11-8-9-12(17-3)15(19-5)14(11)18-4/h8-10,13H,6-7,16H2,1-5H3. The topological polar surface area (TPSA) is 53.7 Å². The Morgan fingerprint density at radius 2 is 1.53 bits per heavy atom. The van der Waals surface area contributed by atoms with Gasteiger partial charge in [-0.05, 0) is 18.1 Å². The lowest BCUT2D eigenvalue weighted by Crippen LogP contribution is -2.21. The Morgan fingerprint density at radius 3 is 1.95 bits per heavy atom. The quantitative estimate of drug-likeness (QED) is 0.824. The van der Waals surface area contributed by atoms with Crippen molar-refractivity contribution in [1.29, 1.82) is 0 Å². The molecule has 0 amide bonds. The van der Waals surface area contributed by atoms with Gasteiger partial charge in [0.1, 0.15) is 0 Å². The molecule has 1 aromatic rings. The van der Waals surface area contributed by atoms with Crippen LogP contribution in [0.4, 0.5) is 0 Å². The highest BCUT2D eigenvalue weighted by molar-refractivity contribution is 5.56. The maximum atomic E-state index is 6.38. The summed E-state index contributed by atoms with van der Waals surface area (Å²) in [4.78, 5) is 0. The van der Waals surface area contributed by atoms with Crippen molar-refractivity contribution >= 4 is 0 Å². The second-order valence-electron chi connectivity index (χ2n) is 4.53. The van der Waals surface area contributed by atoms with Gasteiger partial charge in [0.15, 0.2) is 11.5 Å². The summed E-state index contributed by atoms with van der Waals surface area (Å²) in [5, 5.41) is 0. The van der Waals surface area contributed by atoms with Crippen molar-refractivity contribution in [3.63, 3.8) is 0 Å². The fourth-order valence-corrected chi connectivity index (χ4v) is 2.44. The smallest absolute Gasteiger partial charge is 0.203 e. The average Bonchev–Trinajstić information content (AvgIpc) is 2.46. The first-order valence-electron chi connectivity index (χ1n) is 6.68. The predicted octanol–water partition coefficient (Wildman–Crippen LogP) is 3.15.